The zero-order valence-corrected chi connectivity index (χ0v) is 13.3. The first-order valence-corrected chi connectivity index (χ1v) is 8.55. The number of nitrogens with zero attached hydrogens (tertiary/aromatic N) is 1. The van der Waals surface area contributed by atoms with Gasteiger partial charge in [0, 0.05) is 0 Å². The molecule has 1 N–H and O–H groups in total. The summed E-state index contributed by atoms with van der Waals surface area (Å²) >= 11 is 0. The highest BCUT2D eigenvalue weighted by Crippen LogP contribution is 2.16. The molecule has 5 nitrogen and oxygen atoms in total. The van der Waals surface area contributed by atoms with Gasteiger partial charge in [-0.2, -0.15) is 5.26 Å². The minimum atomic E-state index is -3.51. The Morgan fingerprint density at radius 1 is 1.33 bits per heavy atom. The maximum absolute atomic E-state index is 12.2. The lowest BCUT2D eigenvalue weighted by Gasteiger charge is -2.16. The van der Waals surface area contributed by atoms with Gasteiger partial charge in [-0.25, -0.2) is 8.42 Å². The topological polar surface area (TPSA) is 87.0 Å². The highest BCUT2D eigenvalue weighted by Gasteiger charge is 2.29. The minimum Gasteiger partial charge on any atom is -0.324 e. The van der Waals surface area contributed by atoms with Crippen molar-refractivity contribution in [2.24, 2.45) is 5.92 Å². The van der Waals surface area contributed by atoms with E-state index in [0.717, 1.165) is 6.42 Å². The number of nitriles is 1. The molecule has 114 valence electrons. The molecule has 0 radical (unpaired) electrons. The van der Waals surface area contributed by atoms with E-state index in [0.29, 0.717) is 11.3 Å². The molecule has 0 fully saturated rings. The smallest absolute Gasteiger partial charge is 0.242 e. The second-order valence-corrected chi connectivity index (χ2v) is 7.50. The Hall–Kier alpha value is -1.87. The Morgan fingerprint density at radius 3 is 2.52 bits per heavy atom. The first kappa shape index (κ1) is 17.2. The van der Waals surface area contributed by atoms with E-state index in [9.17, 15) is 13.2 Å². The van der Waals surface area contributed by atoms with E-state index in [1.165, 1.54) is 6.92 Å². The van der Waals surface area contributed by atoms with Crippen LogP contribution in [0.4, 0.5) is 5.69 Å². The lowest BCUT2D eigenvalue weighted by Crippen LogP contribution is -2.35. The van der Waals surface area contributed by atoms with Gasteiger partial charge >= 0.3 is 0 Å². The van der Waals surface area contributed by atoms with Crippen LogP contribution in [-0.2, 0) is 14.6 Å². The summed E-state index contributed by atoms with van der Waals surface area (Å²) < 4.78 is 24.3. The third kappa shape index (κ3) is 4.57. The average Bonchev–Trinajstić information content (AvgIpc) is 2.46. The van der Waals surface area contributed by atoms with Crippen LogP contribution >= 0.6 is 0 Å². The number of sulfone groups is 1. The molecule has 0 saturated carbocycles. The molecule has 0 aliphatic heterocycles. The number of carbonyl (C=O) groups excluding carboxylic acids is 1. The third-order valence-electron chi connectivity index (χ3n) is 3.43. The van der Waals surface area contributed by atoms with Crippen molar-refractivity contribution in [3.63, 3.8) is 0 Å². The van der Waals surface area contributed by atoms with E-state index in [4.69, 9.17) is 5.26 Å². The highest BCUT2D eigenvalue weighted by atomic mass is 32.2. The van der Waals surface area contributed by atoms with Gasteiger partial charge in [0.1, 0.15) is 11.3 Å². The molecule has 1 amide bonds. The molecule has 0 aliphatic rings. The SMILES string of the molecule is CCC(C)CS(=O)(=O)C(C)C(=O)Nc1ccccc1C#N. The third-order valence-corrected chi connectivity index (χ3v) is 5.75. The Kier molecular flexibility index (Phi) is 5.91. The van der Waals surface area contributed by atoms with Crippen molar-refractivity contribution in [2.75, 3.05) is 11.1 Å². The fourth-order valence-electron chi connectivity index (χ4n) is 1.75. The average molecular weight is 308 g/mol. The summed E-state index contributed by atoms with van der Waals surface area (Å²) in [6.45, 7) is 5.13. The summed E-state index contributed by atoms with van der Waals surface area (Å²) in [6.07, 6.45) is 0.741. The van der Waals surface area contributed by atoms with Gasteiger partial charge < -0.3 is 5.32 Å². The van der Waals surface area contributed by atoms with Gasteiger partial charge in [0.25, 0.3) is 0 Å². The summed E-state index contributed by atoms with van der Waals surface area (Å²) in [5.74, 6) is -0.615. The number of hydrogen-bond donors (Lipinski definition) is 1. The molecule has 0 aromatic heterocycles. The normalized spacial score (nSPS) is 14.0. The van der Waals surface area contributed by atoms with Gasteiger partial charge in [0.05, 0.1) is 17.0 Å². The summed E-state index contributed by atoms with van der Waals surface area (Å²) in [5, 5.41) is 10.3. The Labute approximate surface area is 125 Å². The van der Waals surface area contributed by atoms with E-state index in [1.54, 1.807) is 24.3 Å². The van der Waals surface area contributed by atoms with Crippen LogP contribution in [0.1, 0.15) is 32.8 Å². The predicted molar refractivity (Wildman–Crippen MR) is 82.5 cm³/mol. The molecule has 21 heavy (non-hydrogen) atoms. The largest absolute Gasteiger partial charge is 0.324 e. The first-order chi connectivity index (χ1) is 9.81. The molecule has 2 atom stereocenters. The molecule has 0 bridgehead atoms. The van der Waals surface area contributed by atoms with Gasteiger partial charge in [-0.15, -0.1) is 0 Å². The Morgan fingerprint density at radius 2 is 1.95 bits per heavy atom. The Balaban J connectivity index is 2.87. The summed E-state index contributed by atoms with van der Waals surface area (Å²) in [6, 6.07) is 8.45. The van der Waals surface area contributed by atoms with Gasteiger partial charge in [-0.3, -0.25) is 4.79 Å². The van der Waals surface area contributed by atoms with Crippen LogP contribution in [0.25, 0.3) is 0 Å². The number of hydrogen-bond acceptors (Lipinski definition) is 4. The van der Waals surface area contributed by atoms with Crippen LogP contribution in [0.2, 0.25) is 0 Å². The van der Waals surface area contributed by atoms with Crippen LogP contribution in [-0.4, -0.2) is 25.3 Å². The number of rotatable bonds is 6. The zero-order valence-electron chi connectivity index (χ0n) is 12.5. The van der Waals surface area contributed by atoms with Crippen LogP contribution in [0.5, 0.6) is 0 Å². The van der Waals surface area contributed by atoms with Gasteiger partial charge in [-0.05, 0) is 25.0 Å². The zero-order chi connectivity index (χ0) is 16.0. The highest BCUT2D eigenvalue weighted by molar-refractivity contribution is 7.92. The fourth-order valence-corrected chi connectivity index (χ4v) is 3.45. The lowest BCUT2D eigenvalue weighted by atomic mass is 10.2. The fraction of sp³-hybridized carbons (Fsp3) is 0.467. The number of benzene rings is 1. The maximum atomic E-state index is 12.2. The quantitative estimate of drug-likeness (QED) is 0.874. The van der Waals surface area contributed by atoms with E-state index in [1.807, 2.05) is 19.9 Å². The molecular formula is C15H20N2O3S. The van der Waals surface area contributed by atoms with Crippen molar-refractivity contribution in [2.45, 2.75) is 32.4 Å². The van der Waals surface area contributed by atoms with Crippen LogP contribution in [0.15, 0.2) is 24.3 Å². The molecule has 0 saturated heterocycles. The van der Waals surface area contributed by atoms with Gasteiger partial charge in [-0.1, -0.05) is 32.4 Å². The number of carbonyl (C=O) groups is 1. The summed E-state index contributed by atoms with van der Waals surface area (Å²) in [7, 11) is -3.51. The monoisotopic (exact) mass is 308 g/mol. The molecule has 1 rings (SSSR count). The number of nitrogens with one attached hydrogen (secondary N) is 1. The standard InChI is InChI=1S/C15H20N2O3S/c1-4-11(2)10-21(19,20)12(3)15(18)17-14-8-6-5-7-13(14)9-16/h5-8,11-12H,4,10H2,1-3H3,(H,17,18). The summed E-state index contributed by atoms with van der Waals surface area (Å²) in [5.41, 5.74) is 0.632. The van der Waals surface area contributed by atoms with Crippen molar-refractivity contribution in [1.82, 2.24) is 0 Å². The second kappa shape index (κ2) is 7.23. The number of para-hydroxylation sites is 1. The molecule has 1 aromatic carbocycles. The van der Waals surface area contributed by atoms with Gasteiger partial charge in [0.15, 0.2) is 9.84 Å². The lowest BCUT2D eigenvalue weighted by molar-refractivity contribution is -0.115. The predicted octanol–water partition coefficient (Wildman–Crippen LogP) is 2.35. The molecule has 6 heteroatoms. The van der Waals surface area contributed by atoms with Crippen LogP contribution < -0.4 is 5.32 Å². The van der Waals surface area contributed by atoms with Crippen molar-refractivity contribution in [1.29, 1.82) is 5.26 Å². The molecule has 1 aromatic rings. The summed E-state index contributed by atoms with van der Waals surface area (Å²) in [4.78, 5) is 12.1. The molecular weight excluding hydrogens is 288 g/mol. The van der Waals surface area contributed by atoms with Crippen molar-refractivity contribution in [3.05, 3.63) is 29.8 Å². The van der Waals surface area contributed by atoms with Crippen molar-refractivity contribution in [3.8, 4) is 6.07 Å². The minimum absolute atomic E-state index is 0.0108. The van der Waals surface area contributed by atoms with E-state index in [2.05, 4.69) is 5.32 Å². The molecule has 2 unspecified atom stereocenters. The van der Waals surface area contributed by atoms with Crippen molar-refractivity contribution < 1.29 is 13.2 Å². The maximum Gasteiger partial charge on any atom is 0.242 e. The Bertz CT molecular complexity index is 647. The van der Waals surface area contributed by atoms with E-state index >= 15 is 0 Å². The number of amides is 1. The second-order valence-electron chi connectivity index (χ2n) is 5.13. The van der Waals surface area contributed by atoms with Gasteiger partial charge in [0.2, 0.25) is 5.91 Å². The molecule has 0 aliphatic carbocycles. The molecule has 0 spiro atoms. The first-order valence-electron chi connectivity index (χ1n) is 6.83. The van der Waals surface area contributed by atoms with Crippen molar-refractivity contribution >= 4 is 21.4 Å². The molecule has 0 heterocycles. The number of anilines is 1. The van der Waals surface area contributed by atoms with Crippen LogP contribution in [0, 0.1) is 17.2 Å². The van der Waals surface area contributed by atoms with E-state index < -0.39 is 21.0 Å². The van der Waals surface area contributed by atoms with E-state index in [-0.39, 0.29) is 11.7 Å². The van der Waals surface area contributed by atoms with Crippen LogP contribution in [0.3, 0.4) is 0 Å².